The topological polar surface area (TPSA) is 41.1 Å². The first-order valence-electron chi connectivity index (χ1n) is 10.6. The lowest BCUT2D eigenvalue weighted by Gasteiger charge is -2.37. The Labute approximate surface area is 175 Å². The average molecular weight is 389 g/mol. The third kappa shape index (κ3) is 4.94. The molecule has 4 nitrogen and oxygen atoms in total. The highest BCUT2D eigenvalue weighted by Gasteiger charge is 2.27. The van der Waals surface area contributed by atoms with Crippen molar-refractivity contribution in [1.29, 1.82) is 0 Å². The van der Waals surface area contributed by atoms with Crippen molar-refractivity contribution >= 4 is 23.0 Å². The summed E-state index contributed by atoms with van der Waals surface area (Å²) in [5, 5.41) is 3.47. The Balaban J connectivity index is 2.08. The number of hydrogen-bond donors (Lipinski definition) is 1. The van der Waals surface area contributed by atoms with Gasteiger partial charge in [0.25, 0.3) is 0 Å². The van der Waals surface area contributed by atoms with E-state index in [9.17, 15) is 0 Å². The van der Waals surface area contributed by atoms with Crippen LogP contribution in [-0.2, 0) is 0 Å². The number of aryl methyl sites for hydroxylation is 1. The van der Waals surface area contributed by atoms with Crippen LogP contribution in [0.3, 0.4) is 0 Å². The van der Waals surface area contributed by atoms with Crippen LogP contribution in [0.15, 0.2) is 67.0 Å². The molecule has 1 heterocycles. The molecule has 0 fully saturated rings. The highest BCUT2D eigenvalue weighted by Crippen LogP contribution is 2.37. The number of nitrogens with one attached hydrogen (secondary N) is 1. The first-order chi connectivity index (χ1) is 14.2. The Morgan fingerprint density at radius 3 is 2.31 bits per heavy atom. The molecule has 0 radical (unpaired) electrons. The molecular formula is C25H32N4. The van der Waals surface area contributed by atoms with Crippen molar-refractivity contribution in [2.24, 2.45) is 5.92 Å². The fourth-order valence-electron chi connectivity index (χ4n) is 3.98. The number of hydrogen-bond acceptors (Lipinski definition) is 4. The van der Waals surface area contributed by atoms with Gasteiger partial charge in [-0.1, -0.05) is 63.1 Å². The number of anilines is 4. The minimum atomic E-state index is 0.300. The number of para-hydroxylation sites is 2. The molecule has 0 aliphatic heterocycles. The zero-order valence-electron chi connectivity index (χ0n) is 18.0. The van der Waals surface area contributed by atoms with Gasteiger partial charge in [-0.25, -0.2) is 9.97 Å². The third-order valence-corrected chi connectivity index (χ3v) is 5.59. The van der Waals surface area contributed by atoms with Crippen molar-refractivity contribution in [3.05, 3.63) is 72.6 Å². The second-order valence-electron chi connectivity index (χ2n) is 7.57. The van der Waals surface area contributed by atoms with E-state index in [0.29, 0.717) is 12.0 Å². The minimum Gasteiger partial charge on any atom is -0.337 e. The van der Waals surface area contributed by atoms with Gasteiger partial charge in [-0.3, -0.25) is 0 Å². The van der Waals surface area contributed by atoms with E-state index in [2.05, 4.69) is 67.2 Å². The molecule has 1 N–H and O–H groups in total. The third-order valence-electron chi connectivity index (χ3n) is 5.59. The maximum Gasteiger partial charge on any atom is 0.176 e. The lowest BCUT2D eigenvalue weighted by Crippen LogP contribution is -2.36. The molecule has 1 aromatic heterocycles. The van der Waals surface area contributed by atoms with Crippen LogP contribution in [-0.4, -0.2) is 16.0 Å². The second-order valence-corrected chi connectivity index (χ2v) is 7.57. The summed E-state index contributed by atoms with van der Waals surface area (Å²) >= 11 is 0. The molecule has 0 amide bonds. The van der Waals surface area contributed by atoms with Gasteiger partial charge in [0.1, 0.15) is 0 Å². The van der Waals surface area contributed by atoms with Crippen LogP contribution in [0.25, 0.3) is 0 Å². The van der Waals surface area contributed by atoms with Gasteiger partial charge < -0.3 is 10.2 Å². The van der Waals surface area contributed by atoms with Crippen LogP contribution >= 0.6 is 0 Å². The van der Waals surface area contributed by atoms with Crippen LogP contribution in [0.1, 0.15) is 45.6 Å². The van der Waals surface area contributed by atoms with Crippen molar-refractivity contribution in [1.82, 2.24) is 9.97 Å². The van der Waals surface area contributed by atoms with E-state index in [4.69, 9.17) is 4.98 Å². The first-order valence-corrected chi connectivity index (χ1v) is 10.6. The molecule has 29 heavy (non-hydrogen) atoms. The molecule has 3 aromatic rings. The number of aromatic nitrogens is 2. The highest BCUT2D eigenvalue weighted by atomic mass is 15.3. The monoisotopic (exact) mass is 388 g/mol. The maximum absolute atomic E-state index is 4.79. The standard InChI is InChI=1S/C25H32N4/c1-5-12-21(6-2)20(4)29(23-16-11-10-13-19(23)3)25-24(26-17-18-27-25)28-22-14-8-7-9-15-22/h7-11,13-18,20-21H,5-6,12H2,1-4H3,(H,26,28). The fraction of sp³-hybridized carbons (Fsp3) is 0.360. The molecule has 0 bridgehead atoms. The molecule has 0 aliphatic carbocycles. The quantitative estimate of drug-likeness (QED) is 0.434. The van der Waals surface area contributed by atoms with Gasteiger partial charge in [0, 0.05) is 29.8 Å². The molecule has 0 saturated heterocycles. The number of rotatable bonds is 9. The van der Waals surface area contributed by atoms with Gasteiger partial charge in [0.2, 0.25) is 0 Å². The van der Waals surface area contributed by atoms with Crippen LogP contribution in [0, 0.1) is 12.8 Å². The SMILES string of the molecule is CCCC(CC)C(C)N(c1ccccc1C)c1nccnc1Nc1ccccc1. The predicted molar refractivity (Wildman–Crippen MR) is 123 cm³/mol. The van der Waals surface area contributed by atoms with Gasteiger partial charge >= 0.3 is 0 Å². The molecule has 0 saturated carbocycles. The molecule has 2 unspecified atom stereocenters. The smallest absolute Gasteiger partial charge is 0.176 e. The van der Waals surface area contributed by atoms with Gasteiger partial charge in [-0.2, -0.15) is 0 Å². The normalized spacial score (nSPS) is 13.0. The molecule has 2 atom stereocenters. The van der Waals surface area contributed by atoms with Crippen molar-refractivity contribution in [3.63, 3.8) is 0 Å². The summed E-state index contributed by atoms with van der Waals surface area (Å²) in [7, 11) is 0. The van der Waals surface area contributed by atoms with E-state index in [1.54, 1.807) is 12.4 Å². The zero-order chi connectivity index (χ0) is 20.6. The summed E-state index contributed by atoms with van der Waals surface area (Å²) in [5.41, 5.74) is 3.43. The fourth-order valence-corrected chi connectivity index (χ4v) is 3.98. The molecule has 4 heteroatoms. The summed E-state index contributed by atoms with van der Waals surface area (Å²) in [5.74, 6) is 2.22. The predicted octanol–water partition coefficient (Wildman–Crippen LogP) is 6.88. The Morgan fingerprint density at radius 2 is 1.62 bits per heavy atom. The molecule has 0 spiro atoms. The Kier molecular flexibility index (Phi) is 7.23. The largest absolute Gasteiger partial charge is 0.337 e. The molecule has 0 aliphatic rings. The Bertz CT molecular complexity index is 894. The van der Waals surface area contributed by atoms with Crippen LogP contribution in [0.5, 0.6) is 0 Å². The molecule has 2 aromatic carbocycles. The van der Waals surface area contributed by atoms with Gasteiger partial charge in [0.15, 0.2) is 11.6 Å². The van der Waals surface area contributed by atoms with E-state index in [-0.39, 0.29) is 0 Å². The lowest BCUT2D eigenvalue weighted by molar-refractivity contribution is 0.392. The zero-order valence-corrected chi connectivity index (χ0v) is 18.0. The number of nitrogens with zero attached hydrogens (tertiary/aromatic N) is 3. The van der Waals surface area contributed by atoms with E-state index in [0.717, 1.165) is 23.7 Å². The van der Waals surface area contributed by atoms with Crippen LogP contribution < -0.4 is 10.2 Å². The summed E-state index contributed by atoms with van der Waals surface area (Å²) in [4.78, 5) is 11.8. The maximum atomic E-state index is 4.79. The van der Waals surface area contributed by atoms with Crippen molar-refractivity contribution in [3.8, 4) is 0 Å². The summed E-state index contributed by atoms with van der Waals surface area (Å²) in [6, 6.07) is 19.0. The van der Waals surface area contributed by atoms with Gasteiger partial charge in [0.05, 0.1) is 0 Å². The van der Waals surface area contributed by atoms with Crippen molar-refractivity contribution < 1.29 is 0 Å². The van der Waals surface area contributed by atoms with E-state index in [1.807, 2.05) is 30.3 Å². The first kappa shape index (κ1) is 20.8. The lowest BCUT2D eigenvalue weighted by atomic mass is 9.91. The van der Waals surface area contributed by atoms with Crippen molar-refractivity contribution in [2.45, 2.75) is 53.0 Å². The molecule has 152 valence electrons. The summed E-state index contributed by atoms with van der Waals surface area (Å²) in [6.45, 7) is 9.03. The Hall–Kier alpha value is -2.88. The van der Waals surface area contributed by atoms with E-state index in [1.165, 1.54) is 24.1 Å². The van der Waals surface area contributed by atoms with E-state index >= 15 is 0 Å². The van der Waals surface area contributed by atoms with Gasteiger partial charge in [-0.05, 0) is 49.9 Å². The molecular weight excluding hydrogens is 356 g/mol. The number of benzene rings is 2. The summed E-state index contributed by atoms with van der Waals surface area (Å²) < 4.78 is 0. The average Bonchev–Trinajstić information content (AvgIpc) is 2.75. The van der Waals surface area contributed by atoms with Gasteiger partial charge in [-0.15, -0.1) is 0 Å². The van der Waals surface area contributed by atoms with Crippen molar-refractivity contribution in [2.75, 3.05) is 10.2 Å². The minimum absolute atomic E-state index is 0.300. The van der Waals surface area contributed by atoms with Crippen LogP contribution in [0.2, 0.25) is 0 Å². The molecule has 3 rings (SSSR count). The van der Waals surface area contributed by atoms with E-state index < -0.39 is 0 Å². The summed E-state index contributed by atoms with van der Waals surface area (Å²) in [6.07, 6.45) is 7.05. The van der Waals surface area contributed by atoms with Crippen LogP contribution in [0.4, 0.5) is 23.0 Å². The second kappa shape index (κ2) is 10.1. The Morgan fingerprint density at radius 1 is 0.931 bits per heavy atom. The highest BCUT2D eigenvalue weighted by molar-refractivity contribution is 5.75.